The molecule has 0 radical (unpaired) electrons. The highest BCUT2D eigenvalue weighted by Crippen LogP contribution is 2.31. The van der Waals surface area contributed by atoms with E-state index in [0.29, 0.717) is 11.2 Å². The molecular weight excluding hydrogens is 250 g/mol. The minimum Gasteiger partial charge on any atom is -0.356 e. The van der Waals surface area contributed by atoms with E-state index in [1.807, 2.05) is 6.07 Å². The lowest BCUT2D eigenvalue weighted by Gasteiger charge is -2.24. The molecule has 1 aromatic heterocycles. The van der Waals surface area contributed by atoms with E-state index in [1.165, 1.54) is 19.3 Å². The third-order valence-corrected chi connectivity index (χ3v) is 4.04. The summed E-state index contributed by atoms with van der Waals surface area (Å²) in [5.74, 6) is 8.12. The Labute approximate surface area is 121 Å². The van der Waals surface area contributed by atoms with Crippen LogP contribution in [0, 0.1) is 5.41 Å². The van der Waals surface area contributed by atoms with Gasteiger partial charge in [0.05, 0.1) is 0 Å². The van der Waals surface area contributed by atoms with Gasteiger partial charge in [-0.1, -0.05) is 20.8 Å². The predicted molar refractivity (Wildman–Crippen MR) is 83.7 cm³/mol. The van der Waals surface area contributed by atoms with E-state index < -0.39 is 0 Å². The van der Waals surface area contributed by atoms with E-state index in [-0.39, 0.29) is 0 Å². The third-order valence-electron chi connectivity index (χ3n) is 4.04. The highest BCUT2D eigenvalue weighted by Gasteiger charge is 2.24. The molecule has 1 saturated heterocycles. The molecular formula is C15H27N5. The van der Waals surface area contributed by atoms with Gasteiger partial charge in [-0.25, -0.2) is 15.8 Å². The van der Waals surface area contributed by atoms with E-state index in [1.54, 1.807) is 0 Å². The Hall–Kier alpha value is -1.36. The fraction of sp³-hybridized carbons (Fsp3) is 0.733. The molecule has 0 spiro atoms. The summed E-state index contributed by atoms with van der Waals surface area (Å²) in [6, 6.07) is 1.96. The average molecular weight is 277 g/mol. The van der Waals surface area contributed by atoms with Gasteiger partial charge in [-0.3, -0.25) is 0 Å². The van der Waals surface area contributed by atoms with Gasteiger partial charge in [0.2, 0.25) is 0 Å². The summed E-state index contributed by atoms with van der Waals surface area (Å²) in [5, 5.41) is 0. The first-order valence-corrected chi connectivity index (χ1v) is 7.63. The van der Waals surface area contributed by atoms with Crippen LogP contribution in [-0.4, -0.2) is 23.1 Å². The van der Waals surface area contributed by atoms with Crippen LogP contribution in [-0.2, 0) is 6.42 Å². The fourth-order valence-electron chi connectivity index (χ4n) is 2.71. The van der Waals surface area contributed by atoms with Crippen molar-refractivity contribution in [2.75, 3.05) is 23.4 Å². The van der Waals surface area contributed by atoms with Gasteiger partial charge in [-0.15, -0.1) is 0 Å². The van der Waals surface area contributed by atoms with Crippen molar-refractivity contribution < 1.29 is 0 Å². The first kappa shape index (κ1) is 15.0. The number of hydrazine groups is 1. The zero-order chi connectivity index (χ0) is 14.6. The van der Waals surface area contributed by atoms with Gasteiger partial charge in [-0.2, -0.15) is 0 Å². The van der Waals surface area contributed by atoms with Crippen molar-refractivity contribution in [2.24, 2.45) is 11.3 Å². The maximum Gasteiger partial charge on any atom is 0.145 e. The highest BCUT2D eigenvalue weighted by molar-refractivity contribution is 5.49. The van der Waals surface area contributed by atoms with Crippen LogP contribution in [0.15, 0.2) is 6.07 Å². The SMILES string of the molecule is CCCc1nc(NN)cc(N2CCCC(C)(C)CC2)n1. The van der Waals surface area contributed by atoms with Crippen molar-refractivity contribution >= 4 is 11.6 Å². The molecule has 2 heterocycles. The molecule has 0 aromatic carbocycles. The number of hydrogen-bond donors (Lipinski definition) is 2. The number of nitrogens with zero attached hydrogens (tertiary/aromatic N) is 3. The van der Waals surface area contributed by atoms with Crippen molar-refractivity contribution in [1.29, 1.82) is 0 Å². The fourth-order valence-corrected chi connectivity index (χ4v) is 2.71. The van der Waals surface area contributed by atoms with Crippen LogP contribution in [0.5, 0.6) is 0 Å². The van der Waals surface area contributed by atoms with Crippen molar-refractivity contribution in [3.63, 3.8) is 0 Å². The normalized spacial score (nSPS) is 18.7. The molecule has 0 amide bonds. The zero-order valence-electron chi connectivity index (χ0n) is 12.9. The Bertz CT molecular complexity index is 444. The molecule has 5 heteroatoms. The standard InChI is InChI=1S/C15H27N5/c1-4-6-12-17-13(19-16)11-14(18-12)20-9-5-7-15(2,3)8-10-20/h11H,4-10,16H2,1-3H3,(H,17,18,19). The number of nitrogen functional groups attached to an aromatic ring is 1. The van der Waals surface area contributed by atoms with Gasteiger partial charge in [0, 0.05) is 25.6 Å². The molecule has 3 N–H and O–H groups in total. The molecule has 1 aliphatic rings. The minimum absolute atomic E-state index is 0.434. The summed E-state index contributed by atoms with van der Waals surface area (Å²) in [6.45, 7) is 8.97. The smallest absolute Gasteiger partial charge is 0.145 e. The summed E-state index contributed by atoms with van der Waals surface area (Å²) in [6.07, 6.45) is 5.62. The van der Waals surface area contributed by atoms with Gasteiger partial charge in [0.25, 0.3) is 0 Å². The number of rotatable bonds is 4. The summed E-state index contributed by atoms with van der Waals surface area (Å²) in [7, 11) is 0. The quantitative estimate of drug-likeness (QED) is 0.654. The Kier molecular flexibility index (Phi) is 4.81. The molecule has 1 aromatic rings. The second-order valence-electron chi connectivity index (χ2n) is 6.43. The van der Waals surface area contributed by atoms with Gasteiger partial charge >= 0.3 is 0 Å². The Morgan fingerprint density at radius 2 is 2.10 bits per heavy atom. The van der Waals surface area contributed by atoms with Crippen molar-refractivity contribution in [3.05, 3.63) is 11.9 Å². The van der Waals surface area contributed by atoms with E-state index in [0.717, 1.165) is 37.6 Å². The molecule has 0 unspecified atom stereocenters. The summed E-state index contributed by atoms with van der Waals surface area (Å²) in [4.78, 5) is 11.5. The third kappa shape index (κ3) is 3.82. The number of anilines is 2. The number of nitrogens with two attached hydrogens (primary N) is 1. The second-order valence-corrected chi connectivity index (χ2v) is 6.43. The van der Waals surface area contributed by atoms with Crippen molar-refractivity contribution in [2.45, 2.75) is 52.9 Å². The van der Waals surface area contributed by atoms with Crippen molar-refractivity contribution in [3.8, 4) is 0 Å². The second kappa shape index (κ2) is 6.39. The van der Waals surface area contributed by atoms with Crippen LogP contribution in [0.25, 0.3) is 0 Å². The number of aromatic nitrogens is 2. The van der Waals surface area contributed by atoms with E-state index in [9.17, 15) is 0 Å². The number of hydrogen-bond acceptors (Lipinski definition) is 5. The summed E-state index contributed by atoms with van der Waals surface area (Å²) >= 11 is 0. The summed E-state index contributed by atoms with van der Waals surface area (Å²) in [5.41, 5.74) is 3.09. The maximum atomic E-state index is 5.53. The highest BCUT2D eigenvalue weighted by atomic mass is 15.3. The first-order valence-electron chi connectivity index (χ1n) is 7.63. The average Bonchev–Trinajstić information content (AvgIpc) is 2.59. The molecule has 0 aliphatic carbocycles. The van der Waals surface area contributed by atoms with Gasteiger partial charge < -0.3 is 10.3 Å². The molecule has 1 fully saturated rings. The molecule has 5 nitrogen and oxygen atoms in total. The number of nitrogens with one attached hydrogen (secondary N) is 1. The van der Waals surface area contributed by atoms with Gasteiger partial charge in [-0.05, 0) is 31.1 Å². The van der Waals surface area contributed by atoms with E-state index in [2.05, 4.69) is 36.1 Å². The van der Waals surface area contributed by atoms with Crippen LogP contribution in [0.4, 0.5) is 11.6 Å². The maximum absolute atomic E-state index is 5.53. The Morgan fingerprint density at radius 1 is 1.30 bits per heavy atom. The Balaban J connectivity index is 2.20. The largest absolute Gasteiger partial charge is 0.356 e. The van der Waals surface area contributed by atoms with Crippen molar-refractivity contribution in [1.82, 2.24) is 9.97 Å². The Morgan fingerprint density at radius 3 is 2.80 bits per heavy atom. The van der Waals surface area contributed by atoms with E-state index >= 15 is 0 Å². The van der Waals surface area contributed by atoms with Gasteiger partial charge in [0.1, 0.15) is 17.5 Å². The van der Waals surface area contributed by atoms with Crippen LogP contribution >= 0.6 is 0 Å². The first-order chi connectivity index (χ1) is 9.54. The van der Waals surface area contributed by atoms with Crippen LogP contribution in [0.1, 0.15) is 52.3 Å². The summed E-state index contributed by atoms with van der Waals surface area (Å²) < 4.78 is 0. The van der Waals surface area contributed by atoms with Gasteiger partial charge in [0.15, 0.2) is 0 Å². The van der Waals surface area contributed by atoms with Crippen LogP contribution < -0.4 is 16.2 Å². The minimum atomic E-state index is 0.434. The lowest BCUT2D eigenvalue weighted by Crippen LogP contribution is -2.27. The topological polar surface area (TPSA) is 67.1 Å². The molecule has 0 bridgehead atoms. The molecule has 2 rings (SSSR count). The lowest BCUT2D eigenvalue weighted by atomic mass is 9.85. The molecule has 0 atom stereocenters. The molecule has 0 saturated carbocycles. The van der Waals surface area contributed by atoms with Crippen LogP contribution in [0.3, 0.4) is 0 Å². The van der Waals surface area contributed by atoms with Crippen LogP contribution in [0.2, 0.25) is 0 Å². The zero-order valence-corrected chi connectivity index (χ0v) is 12.9. The molecule has 112 valence electrons. The van der Waals surface area contributed by atoms with E-state index in [4.69, 9.17) is 10.8 Å². The lowest BCUT2D eigenvalue weighted by molar-refractivity contribution is 0.325. The monoisotopic (exact) mass is 277 g/mol. The molecule has 20 heavy (non-hydrogen) atoms. The predicted octanol–water partition coefficient (Wildman–Crippen LogP) is 2.73. The number of aryl methyl sites for hydroxylation is 1. The molecule has 1 aliphatic heterocycles.